The molecule has 0 rings (SSSR count). The van der Waals surface area contributed by atoms with E-state index in [2.05, 4.69) is 41.5 Å². The summed E-state index contributed by atoms with van der Waals surface area (Å²) in [5.41, 5.74) is 0. The fourth-order valence-corrected chi connectivity index (χ4v) is 11.5. The predicted octanol–water partition coefficient (Wildman–Crippen LogP) is 18.4. The van der Waals surface area contributed by atoms with Crippen molar-refractivity contribution in [2.24, 2.45) is 11.8 Å². The number of carbonyl (C=O) groups excluding carboxylic acids is 4. The number of carbonyl (C=O) groups is 4. The van der Waals surface area contributed by atoms with E-state index in [0.29, 0.717) is 31.6 Å². The summed E-state index contributed by atoms with van der Waals surface area (Å²) in [6, 6.07) is 0. The zero-order chi connectivity index (χ0) is 62.9. The van der Waals surface area contributed by atoms with E-state index < -0.39 is 97.5 Å². The van der Waals surface area contributed by atoms with Crippen LogP contribution >= 0.6 is 15.6 Å². The Morgan fingerprint density at radius 3 is 0.800 bits per heavy atom. The average Bonchev–Trinajstić information content (AvgIpc) is 3.49. The molecule has 0 saturated heterocycles. The lowest BCUT2D eigenvalue weighted by molar-refractivity contribution is -0.161. The van der Waals surface area contributed by atoms with E-state index in [1.807, 2.05) is 0 Å². The summed E-state index contributed by atoms with van der Waals surface area (Å²) in [6.45, 7) is 9.41. The maximum Gasteiger partial charge on any atom is 0.472 e. The molecule has 0 aliphatic heterocycles. The monoisotopic (exact) mass is 1250 g/mol. The third kappa shape index (κ3) is 60.7. The van der Waals surface area contributed by atoms with Gasteiger partial charge in [0.15, 0.2) is 12.2 Å². The van der Waals surface area contributed by atoms with Crippen LogP contribution in [0.4, 0.5) is 0 Å². The number of unbranched alkanes of at least 4 members (excludes halogenated alkanes) is 35. The van der Waals surface area contributed by atoms with Crippen LogP contribution in [0.2, 0.25) is 0 Å². The molecule has 0 aromatic heterocycles. The Kier molecular flexibility index (Phi) is 57.1. The van der Waals surface area contributed by atoms with E-state index in [0.717, 1.165) is 102 Å². The highest BCUT2D eigenvalue weighted by atomic mass is 31.2. The number of rotatable bonds is 65. The zero-order valence-electron chi connectivity index (χ0n) is 54.9. The molecule has 0 amide bonds. The quantitative estimate of drug-likeness (QED) is 0.0222. The molecule has 0 aromatic rings. The number of aliphatic hydroxyl groups is 1. The number of hydrogen-bond donors (Lipinski definition) is 3. The van der Waals surface area contributed by atoms with Gasteiger partial charge in [0.2, 0.25) is 0 Å². The van der Waals surface area contributed by atoms with Crippen molar-refractivity contribution in [3.05, 3.63) is 0 Å². The van der Waals surface area contributed by atoms with E-state index in [9.17, 15) is 43.2 Å². The summed E-state index contributed by atoms with van der Waals surface area (Å²) in [5.74, 6) is -0.694. The molecule has 0 aliphatic carbocycles. The molecule has 0 saturated carbocycles. The van der Waals surface area contributed by atoms with Gasteiger partial charge < -0.3 is 33.8 Å². The third-order valence-electron chi connectivity index (χ3n) is 15.2. The minimum atomic E-state index is -4.95. The van der Waals surface area contributed by atoms with Crippen LogP contribution in [0.5, 0.6) is 0 Å². The van der Waals surface area contributed by atoms with E-state index in [1.54, 1.807) is 0 Å². The van der Waals surface area contributed by atoms with Crippen molar-refractivity contribution >= 4 is 39.5 Å². The molecule has 0 bridgehead atoms. The van der Waals surface area contributed by atoms with Crippen molar-refractivity contribution in [2.75, 3.05) is 39.6 Å². The normalized spacial score (nSPS) is 14.2. The molecule has 3 N–H and O–H groups in total. The van der Waals surface area contributed by atoms with Crippen LogP contribution in [-0.2, 0) is 65.4 Å². The second kappa shape index (κ2) is 58.4. The highest BCUT2D eigenvalue weighted by molar-refractivity contribution is 7.47. The van der Waals surface area contributed by atoms with Gasteiger partial charge in [-0.1, -0.05) is 279 Å². The predicted molar refractivity (Wildman–Crippen MR) is 340 cm³/mol. The molecule has 0 fully saturated rings. The second-order valence-corrected chi connectivity index (χ2v) is 27.7. The molecule has 504 valence electrons. The van der Waals surface area contributed by atoms with E-state index in [1.165, 1.54) is 141 Å². The zero-order valence-corrected chi connectivity index (χ0v) is 56.7. The number of ether oxygens (including phenoxy) is 4. The molecule has 19 heteroatoms. The van der Waals surface area contributed by atoms with E-state index in [-0.39, 0.29) is 25.7 Å². The van der Waals surface area contributed by atoms with Crippen LogP contribution in [0.15, 0.2) is 0 Å². The van der Waals surface area contributed by atoms with Gasteiger partial charge in [0.05, 0.1) is 26.4 Å². The maximum absolute atomic E-state index is 13.0. The number of phosphoric acid groups is 2. The summed E-state index contributed by atoms with van der Waals surface area (Å²) in [6.07, 6.45) is 41.8. The number of hydrogen-bond acceptors (Lipinski definition) is 15. The maximum atomic E-state index is 13.0. The molecule has 17 nitrogen and oxygen atoms in total. The minimum Gasteiger partial charge on any atom is -0.462 e. The molecular weight excluding hydrogens is 1130 g/mol. The van der Waals surface area contributed by atoms with Gasteiger partial charge in [-0.05, 0) is 37.5 Å². The van der Waals surface area contributed by atoms with Gasteiger partial charge in [0.25, 0.3) is 0 Å². The Morgan fingerprint density at radius 2 is 0.541 bits per heavy atom. The molecular formula is C66H128O17P2. The smallest absolute Gasteiger partial charge is 0.462 e. The summed E-state index contributed by atoms with van der Waals surface area (Å²) < 4.78 is 68.0. The minimum absolute atomic E-state index is 0.103. The lowest BCUT2D eigenvalue weighted by Crippen LogP contribution is -2.30. The Morgan fingerprint density at radius 1 is 0.318 bits per heavy atom. The standard InChI is InChI=1S/C66H128O17P2/c1-7-9-11-13-15-17-18-19-20-21-22-25-32-38-44-50-65(70)82-61(55-77-64(69)49-43-37-31-26-23-24-28-34-40-46-58(3)4)56-80-84(72,73)78-52-60(67)53-79-85(74,75)81-57-62(54-76-63(68)48-42-36-30-16-14-12-10-8-2)83-66(71)51-45-39-33-27-29-35-41-47-59(5)6/h58-62,67H,7-57H2,1-6H3,(H,72,73)(H,74,75)/t60-,61-,62-/m1/s1. The van der Waals surface area contributed by atoms with Gasteiger partial charge in [-0.15, -0.1) is 0 Å². The first-order valence-corrected chi connectivity index (χ1v) is 37.5. The highest BCUT2D eigenvalue weighted by Gasteiger charge is 2.30. The largest absolute Gasteiger partial charge is 0.472 e. The Labute approximate surface area is 517 Å². The molecule has 2 unspecified atom stereocenters. The van der Waals surface area contributed by atoms with Gasteiger partial charge in [-0.3, -0.25) is 37.3 Å². The van der Waals surface area contributed by atoms with Crippen molar-refractivity contribution < 1.29 is 80.2 Å². The van der Waals surface area contributed by atoms with Crippen molar-refractivity contribution in [1.82, 2.24) is 0 Å². The van der Waals surface area contributed by atoms with Crippen molar-refractivity contribution in [2.45, 2.75) is 349 Å². The Hall–Kier alpha value is -1.94. The molecule has 0 spiro atoms. The summed E-state index contributed by atoms with van der Waals surface area (Å²) >= 11 is 0. The average molecular weight is 1260 g/mol. The third-order valence-corrected chi connectivity index (χ3v) is 17.1. The second-order valence-electron chi connectivity index (χ2n) is 24.8. The van der Waals surface area contributed by atoms with Gasteiger partial charge >= 0.3 is 39.5 Å². The molecule has 0 radical (unpaired) electrons. The number of aliphatic hydroxyl groups excluding tert-OH is 1. The summed E-state index contributed by atoms with van der Waals surface area (Å²) in [4.78, 5) is 72.2. The number of phosphoric ester groups is 2. The van der Waals surface area contributed by atoms with Crippen LogP contribution in [0.25, 0.3) is 0 Å². The van der Waals surface area contributed by atoms with Gasteiger partial charge in [0, 0.05) is 25.7 Å². The van der Waals surface area contributed by atoms with Crippen molar-refractivity contribution in [3.63, 3.8) is 0 Å². The number of esters is 4. The van der Waals surface area contributed by atoms with Crippen LogP contribution in [0.3, 0.4) is 0 Å². The molecule has 5 atom stereocenters. The molecule has 0 heterocycles. The topological polar surface area (TPSA) is 237 Å². The summed E-state index contributed by atoms with van der Waals surface area (Å²) in [5, 5.41) is 10.5. The molecule has 85 heavy (non-hydrogen) atoms. The first-order chi connectivity index (χ1) is 40.9. The summed E-state index contributed by atoms with van der Waals surface area (Å²) in [7, 11) is -9.89. The van der Waals surface area contributed by atoms with Gasteiger partial charge in [-0.25, -0.2) is 9.13 Å². The van der Waals surface area contributed by atoms with E-state index >= 15 is 0 Å². The van der Waals surface area contributed by atoms with Gasteiger partial charge in [0.1, 0.15) is 19.3 Å². The van der Waals surface area contributed by atoms with Crippen molar-refractivity contribution in [3.8, 4) is 0 Å². The Bertz CT molecular complexity index is 1670. The van der Waals surface area contributed by atoms with Crippen LogP contribution in [0, 0.1) is 11.8 Å². The van der Waals surface area contributed by atoms with Gasteiger partial charge in [-0.2, -0.15) is 0 Å². The highest BCUT2D eigenvalue weighted by Crippen LogP contribution is 2.45. The van der Waals surface area contributed by atoms with E-state index in [4.69, 9.17) is 37.0 Å². The van der Waals surface area contributed by atoms with Crippen LogP contribution in [0.1, 0.15) is 330 Å². The van der Waals surface area contributed by atoms with Crippen LogP contribution < -0.4 is 0 Å². The first-order valence-electron chi connectivity index (χ1n) is 34.5. The SMILES string of the molecule is CCCCCCCCCCCCCCCCCC(=O)O[C@H](COC(=O)CCCCCCCCCCCC(C)C)COP(=O)(O)OC[C@@H](O)COP(=O)(O)OC[C@@H](COC(=O)CCCCCCCCCC)OC(=O)CCCCCCCCCC(C)C. The fraction of sp³-hybridized carbons (Fsp3) is 0.939. The van der Waals surface area contributed by atoms with Crippen molar-refractivity contribution in [1.29, 1.82) is 0 Å². The lowest BCUT2D eigenvalue weighted by atomic mass is 10.0. The fourth-order valence-electron chi connectivity index (χ4n) is 9.88. The lowest BCUT2D eigenvalue weighted by Gasteiger charge is -2.21. The Balaban J connectivity index is 5.22. The first kappa shape index (κ1) is 83.1. The molecule has 0 aliphatic rings. The molecule has 0 aromatic carbocycles. The van der Waals surface area contributed by atoms with Crippen LogP contribution in [-0.4, -0.2) is 96.7 Å².